The molecule has 18 heavy (non-hydrogen) atoms. The van der Waals surface area contributed by atoms with Gasteiger partial charge < -0.3 is 10.1 Å². The fourth-order valence-corrected chi connectivity index (χ4v) is 2.32. The van der Waals surface area contributed by atoms with Gasteiger partial charge in [-0.25, -0.2) is 0 Å². The van der Waals surface area contributed by atoms with E-state index in [1.165, 1.54) is 17.5 Å². The first-order chi connectivity index (χ1) is 8.81. The predicted octanol–water partition coefficient (Wildman–Crippen LogP) is 2.16. The third kappa shape index (κ3) is 3.47. The lowest BCUT2D eigenvalue weighted by molar-refractivity contribution is 0.0923. The van der Waals surface area contributed by atoms with Gasteiger partial charge in [0.2, 0.25) is 0 Å². The van der Waals surface area contributed by atoms with Crippen molar-refractivity contribution in [2.45, 2.75) is 19.3 Å². The molecule has 1 amide bonds. The average molecular weight is 268 g/mol. The number of halogens is 1. The van der Waals surface area contributed by atoms with Gasteiger partial charge in [-0.05, 0) is 42.5 Å². The number of nitrogens with one attached hydrogen (secondary N) is 1. The summed E-state index contributed by atoms with van der Waals surface area (Å²) in [7, 11) is 0. The Hall–Kier alpha value is -1.06. The van der Waals surface area contributed by atoms with Crippen molar-refractivity contribution in [3.63, 3.8) is 0 Å². The van der Waals surface area contributed by atoms with Crippen molar-refractivity contribution in [1.29, 1.82) is 0 Å². The summed E-state index contributed by atoms with van der Waals surface area (Å²) >= 11 is 5.48. The van der Waals surface area contributed by atoms with E-state index in [1.807, 2.05) is 12.1 Å². The van der Waals surface area contributed by atoms with Crippen LogP contribution in [-0.4, -0.2) is 31.5 Å². The Morgan fingerprint density at radius 2 is 2.11 bits per heavy atom. The van der Waals surface area contributed by atoms with Crippen LogP contribution in [0.4, 0.5) is 0 Å². The van der Waals surface area contributed by atoms with E-state index in [9.17, 15) is 4.79 Å². The highest BCUT2D eigenvalue weighted by Crippen LogP contribution is 2.22. The molecular formula is C14H18ClNO2. The molecule has 0 fully saturated rings. The minimum absolute atomic E-state index is 0.0285. The van der Waals surface area contributed by atoms with E-state index >= 15 is 0 Å². The lowest BCUT2D eigenvalue weighted by atomic mass is 10.1. The molecule has 2 rings (SSSR count). The number of ether oxygens (including phenoxy) is 1. The van der Waals surface area contributed by atoms with Crippen LogP contribution >= 0.6 is 11.6 Å². The van der Waals surface area contributed by atoms with Gasteiger partial charge in [-0.2, -0.15) is 0 Å². The van der Waals surface area contributed by atoms with Crippen molar-refractivity contribution < 1.29 is 9.53 Å². The maximum Gasteiger partial charge on any atom is 0.251 e. The minimum Gasteiger partial charge on any atom is -0.378 e. The molecule has 1 aromatic rings. The first-order valence-electron chi connectivity index (χ1n) is 6.35. The highest BCUT2D eigenvalue weighted by atomic mass is 35.5. The van der Waals surface area contributed by atoms with Crippen molar-refractivity contribution in [1.82, 2.24) is 5.32 Å². The van der Waals surface area contributed by atoms with E-state index in [1.54, 1.807) is 0 Å². The maximum absolute atomic E-state index is 11.9. The molecule has 3 nitrogen and oxygen atoms in total. The molecule has 0 radical (unpaired) electrons. The average Bonchev–Trinajstić information content (AvgIpc) is 2.85. The molecule has 0 heterocycles. The maximum atomic E-state index is 11.9. The van der Waals surface area contributed by atoms with Gasteiger partial charge in [-0.1, -0.05) is 6.07 Å². The van der Waals surface area contributed by atoms with Crippen molar-refractivity contribution in [3.05, 3.63) is 34.9 Å². The number of benzene rings is 1. The summed E-state index contributed by atoms with van der Waals surface area (Å²) in [6, 6.07) is 5.98. The molecule has 1 aliphatic rings. The highest BCUT2D eigenvalue weighted by molar-refractivity contribution is 6.17. The second-order valence-corrected chi connectivity index (χ2v) is 4.77. The van der Waals surface area contributed by atoms with Crippen molar-refractivity contribution in [2.24, 2.45) is 0 Å². The van der Waals surface area contributed by atoms with Gasteiger partial charge in [0.25, 0.3) is 5.91 Å². The molecule has 1 N–H and O–H groups in total. The topological polar surface area (TPSA) is 38.3 Å². The lowest BCUT2D eigenvalue weighted by Crippen LogP contribution is -2.27. The third-order valence-corrected chi connectivity index (χ3v) is 3.27. The van der Waals surface area contributed by atoms with Crippen molar-refractivity contribution in [2.75, 3.05) is 25.6 Å². The Kier molecular flexibility index (Phi) is 5.02. The zero-order valence-corrected chi connectivity index (χ0v) is 11.1. The predicted molar refractivity (Wildman–Crippen MR) is 72.3 cm³/mol. The van der Waals surface area contributed by atoms with Crippen LogP contribution in [0.2, 0.25) is 0 Å². The number of hydrogen-bond donors (Lipinski definition) is 1. The summed E-state index contributed by atoms with van der Waals surface area (Å²) in [4.78, 5) is 11.9. The molecule has 0 atom stereocenters. The molecule has 4 heteroatoms. The second kappa shape index (κ2) is 6.76. The Balaban J connectivity index is 1.82. The van der Waals surface area contributed by atoms with Crippen LogP contribution in [0.3, 0.4) is 0 Å². The number of carbonyl (C=O) groups excluding carboxylic acids is 1. The number of aryl methyl sites for hydroxylation is 2. The molecule has 0 aromatic heterocycles. The second-order valence-electron chi connectivity index (χ2n) is 4.39. The monoisotopic (exact) mass is 267 g/mol. The molecular weight excluding hydrogens is 250 g/mol. The quantitative estimate of drug-likeness (QED) is 0.634. The standard InChI is InChI=1S/C14H18ClNO2/c15-6-8-18-9-7-16-14(17)13-5-4-11-2-1-3-12(11)10-13/h4-5,10H,1-3,6-9H2,(H,16,17). The first kappa shape index (κ1) is 13.4. The molecule has 1 aromatic carbocycles. The molecule has 0 bridgehead atoms. The van der Waals surface area contributed by atoms with Crippen LogP contribution in [0, 0.1) is 0 Å². The zero-order chi connectivity index (χ0) is 12.8. The number of hydrogen-bond acceptors (Lipinski definition) is 2. The number of fused-ring (bicyclic) bond motifs is 1. The van der Waals surface area contributed by atoms with E-state index in [0.29, 0.717) is 25.6 Å². The Labute approximate surface area is 112 Å². The normalized spacial score (nSPS) is 13.4. The van der Waals surface area contributed by atoms with E-state index in [4.69, 9.17) is 16.3 Å². The van der Waals surface area contributed by atoms with E-state index < -0.39 is 0 Å². The van der Waals surface area contributed by atoms with E-state index in [0.717, 1.165) is 18.4 Å². The molecule has 0 unspecified atom stereocenters. The van der Waals surface area contributed by atoms with Gasteiger partial charge in [0, 0.05) is 18.0 Å². The summed E-state index contributed by atoms with van der Waals surface area (Å²) < 4.78 is 5.20. The smallest absolute Gasteiger partial charge is 0.251 e. The van der Waals surface area contributed by atoms with E-state index in [-0.39, 0.29) is 5.91 Å². The Morgan fingerprint density at radius 1 is 1.28 bits per heavy atom. The van der Waals surface area contributed by atoms with Gasteiger partial charge in [0.1, 0.15) is 0 Å². The van der Waals surface area contributed by atoms with Gasteiger partial charge in [0.15, 0.2) is 0 Å². The van der Waals surface area contributed by atoms with Gasteiger partial charge in [-0.3, -0.25) is 4.79 Å². The van der Waals surface area contributed by atoms with E-state index in [2.05, 4.69) is 11.4 Å². The third-order valence-electron chi connectivity index (χ3n) is 3.11. The largest absolute Gasteiger partial charge is 0.378 e. The van der Waals surface area contributed by atoms with Crippen LogP contribution in [0.25, 0.3) is 0 Å². The molecule has 0 saturated heterocycles. The van der Waals surface area contributed by atoms with Crippen LogP contribution in [0.15, 0.2) is 18.2 Å². The Bertz CT molecular complexity index is 420. The first-order valence-corrected chi connectivity index (χ1v) is 6.88. The number of carbonyl (C=O) groups is 1. The highest BCUT2D eigenvalue weighted by Gasteiger charge is 2.13. The molecule has 1 aliphatic carbocycles. The SMILES string of the molecule is O=C(NCCOCCCl)c1ccc2c(c1)CCC2. The number of alkyl halides is 1. The van der Waals surface area contributed by atoms with Gasteiger partial charge >= 0.3 is 0 Å². The fraction of sp³-hybridized carbons (Fsp3) is 0.500. The van der Waals surface area contributed by atoms with Crippen molar-refractivity contribution >= 4 is 17.5 Å². The fourth-order valence-electron chi connectivity index (χ4n) is 2.21. The van der Waals surface area contributed by atoms with Crippen LogP contribution in [0.5, 0.6) is 0 Å². The van der Waals surface area contributed by atoms with Crippen molar-refractivity contribution in [3.8, 4) is 0 Å². The molecule has 0 aliphatic heterocycles. The lowest BCUT2D eigenvalue weighted by Gasteiger charge is -2.07. The molecule has 0 saturated carbocycles. The summed E-state index contributed by atoms with van der Waals surface area (Å²) in [6.07, 6.45) is 3.44. The molecule has 98 valence electrons. The van der Waals surface area contributed by atoms with Crippen LogP contribution in [0.1, 0.15) is 27.9 Å². The number of rotatable bonds is 6. The Morgan fingerprint density at radius 3 is 2.94 bits per heavy atom. The van der Waals surface area contributed by atoms with Gasteiger partial charge in [-0.15, -0.1) is 11.6 Å². The number of amides is 1. The minimum atomic E-state index is -0.0285. The summed E-state index contributed by atoms with van der Waals surface area (Å²) in [5.74, 6) is 0.456. The zero-order valence-electron chi connectivity index (χ0n) is 10.4. The summed E-state index contributed by atoms with van der Waals surface area (Å²) in [6.45, 7) is 1.55. The van der Waals surface area contributed by atoms with Gasteiger partial charge in [0.05, 0.1) is 13.2 Å². The summed E-state index contributed by atoms with van der Waals surface area (Å²) in [5.41, 5.74) is 3.45. The molecule has 0 spiro atoms. The van der Waals surface area contributed by atoms with Crippen LogP contribution in [-0.2, 0) is 17.6 Å². The van der Waals surface area contributed by atoms with Crippen LogP contribution < -0.4 is 5.32 Å². The summed E-state index contributed by atoms with van der Waals surface area (Å²) in [5, 5.41) is 2.84.